The van der Waals surface area contributed by atoms with E-state index in [0.717, 1.165) is 52.2 Å². The van der Waals surface area contributed by atoms with E-state index in [1.165, 1.54) is 0 Å². The number of amides is 1. The van der Waals surface area contributed by atoms with Crippen LogP contribution in [0.4, 0.5) is 0 Å². The summed E-state index contributed by atoms with van der Waals surface area (Å²) in [5.41, 5.74) is 0.359. The molecule has 1 atom stereocenters. The standard InChI is InChI=1S/C11H18N2O2/c14-10(9-2-1-3-12-4-9)13-5-11(6-13)7-15-8-11/h9,12H,1-8H2/t9-/m1/s1. The van der Waals surface area contributed by atoms with Crippen LogP contribution in [0, 0.1) is 11.3 Å². The molecule has 0 bridgehead atoms. The second-order valence-electron chi connectivity index (χ2n) is 5.23. The number of nitrogens with zero attached hydrogens (tertiary/aromatic N) is 1. The second kappa shape index (κ2) is 3.46. The molecule has 3 saturated heterocycles. The van der Waals surface area contributed by atoms with Crippen molar-refractivity contribution < 1.29 is 9.53 Å². The number of ether oxygens (including phenoxy) is 1. The van der Waals surface area contributed by atoms with Crippen LogP contribution in [0.1, 0.15) is 12.8 Å². The van der Waals surface area contributed by atoms with Gasteiger partial charge in [-0.15, -0.1) is 0 Å². The predicted molar refractivity (Wildman–Crippen MR) is 55.4 cm³/mol. The fraction of sp³-hybridized carbons (Fsp3) is 0.909. The lowest BCUT2D eigenvalue weighted by Gasteiger charge is -2.55. The highest BCUT2D eigenvalue weighted by atomic mass is 16.5. The molecule has 0 aromatic heterocycles. The number of nitrogens with one attached hydrogen (secondary N) is 1. The van der Waals surface area contributed by atoms with Gasteiger partial charge < -0.3 is 15.0 Å². The maximum Gasteiger partial charge on any atom is 0.227 e. The van der Waals surface area contributed by atoms with Crippen LogP contribution in [0.15, 0.2) is 0 Å². The molecule has 4 heteroatoms. The van der Waals surface area contributed by atoms with E-state index in [-0.39, 0.29) is 5.92 Å². The zero-order chi connectivity index (χ0) is 10.3. The van der Waals surface area contributed by atoms with Gasteiger partial charge in [-0.3, -0.25) is 4.79 Å². The van der Waals surface area contributed by atoms with Crippen molar-refractivity contribution in [1.29, 1.82) is 0 Å². The third-order valence-corrected chi connectivity index (χ3v) is 3.83. The average molecular weight is 210 g/mol. The Morgan fingerprint density at radius 3 is 2.73 bits per heavy atom. The SMILES string of the molecule is O=C([C@@H]1CCCNC1)N1CC2(COC2)C1. The minimum Gasteiger partial charge on any atom is -0.380 e. The normalized spacial score (nSPS) is 33.3. The number of likely N-dealkylation sites (tertiary alicyclic amines) is 1. The van der Waals surface area contributed by atoms with Crippen LogP contribution in [-0.2, 0) is 9.53 Å². The Morgan fingerprint density at radius 1 is 1.40 bits per heavy atom. The minimum absolute atomic E-state index is 0.233. The molecule has 4 nitrogen and oxygen atoms in total. The number of rotatable bonds is 1. The molecule has 3 rings (SSSR count). The Bertz CT molecular complexity index is 262. The van der Waals surface area contributed by atoms with Crippen LogP contribution < -0.4 is 5.32 Å². The van der Waals surface area contributed by atoms with Crippen molar-refractivity contribution in [2.75, 3.05) is 39.4 Å². The van der Waals surface area contributed by atoms with E-state index in [1.54, 1.807) is 0 Å². The Labute approximate surface area is 90.0 Å². The van der Waals surface area contributed by atoms with Crippen molar-refractivity contribution in [3.8, 4) is 0 Å². The van der Waals surface area contributed by atoms with Crippen LogP contribution in [0.2, 0.25) is 0 Å². The monoisotopic (exact) mass is 210 g/mol. The highest BCUT2D eigenvalue weighted by Gasteiger charge is 2.51. The molecule has 1 spiro atoms. The van der Waals surface area contributed by atoms with Gasteiger partial charge in [0.05, 0.1) is 24.5 Å². The summed E-state index contributed by atoms with van der Waals surface area (Å²) in [6.07, 6.45) is 2.20. The molecule has 0 saturated carbocycles. The van der Waals surface area contributed by atoms with Gasteiger partial charge in [0.15, 0.2) is 0 Å². The number of piperidine rings is 1. The lowest BCUT2D eigenvalue weighted by Crippen LogP contribution is -2.68. The Kier molecular flexibility index (Phi) is 2.21. The molecule has 3 fully saturated rings. The van der Waals surface area contributed by atoms with E-state index in [9.17, 15) is 4.79 Å². The second-order valence-corrected chi connectivity index (χ2v) is 5.23. The van der Waals surface area contributed by atoms with Gasteiger partial charge in [-0.25, -0.2) is 0 Å². The van der Waals surface area contributed by atoms with Gasteiger partial charge in [-0.1, -0.05) is 0 Å². The summed E-state index contributed by atoms with van der Waals surface area (Å²) in [6, 6.07) is 0. The minimum atomic E-state index is 0.233. The van der Waals surface area contributed by atoms with Crippen molar-refractivity contribution in [1.82, 2.24) is 10.2 Å². The Balaban J connectivity index is 1.52. The molecule has 1 amide bonds. The van der Waals surface area contributed by atoms with E-state index < -0.39 is 0 Å². The molecular weight excluding hydrogens is 192 g/mol. The van der Waals surface area contributed by atoms with Gasteiger partial charge in [0, 0.05) is 19.6 Å². The molecule has 0 unspecified atom stereocenters. The maximum atomic E-state index is 12.1. The third-order valence-electron chi connectivity index (χ3n) is 3.83. The molecule has 3 aliphatic rings. The molecule has 1 N–H and O–H groups in total. The zero-order valence-electron chi connectivity index (χ0n) is 9.00. The largest absolute Gasteiger partial charge is 0.380 e. The van der Waals surface area contributed by atoms with E-state index >= 15 is 0 Å². The van der Waals surface area contributed by atoms with Crippen molar-refractivity contribution in [2.24, 2.45) is 11.3 Å². The number of hydrogen-bond donors (Lipinski definition) is 1. The molecular formula is C11H18N2O2. The highest BCUT2D eigenvalue weighted by molar-refractivity contribution is 5.80. The molecule has 0 aromatic carbocycles. The first-order valence-corrected chi connectivity index (χ1v) is 5.86. The first-order valence-electron chi connectivity index (χ1n) is 5.86. The van der Waals surface area contributed by atoms with Crippen LogP contribution in [0.5, 0.6) is 0 Å². The Morgan fingerprint density at radius 2 is 2.20 bits per heavy atom. The van der Waals surface area contributed by atoms with Gasteiger partial charge in [0.25, 0.3) is 0 Å². The van der Waals surface area contributed by atoms with E-state index in [2.05, 4.69) is 5.32 Å². The molecule has 3 heterocycles. The average Bonchev–Trinajstić information content (AvgIpc) is 2.14. The first kappa shape index (κ1) is 9.60. The van der Waals surface area contributed by atoms with Gasteiger partial charge >= 0.3 is 0 Å². The maximum absolute atomic E-state index is 12.1. The molecule has 0 radical (unpaired) electrons. The summed E-state index contributed by atoms with van der Waals surface area (Å²) in [5.74, 6) is 0.594. The summed E-state index contributed by atoms with van der Waals surface area (Å²) in [7, 11) is 0. The smallest absolute Gasteiger partial charge is 0.227 e. The third kappa shape index (κ3) is 1.56. The summed E-state index contributed by atoms with van der Waals surface area (Å²) < 4.78 is 5.20. The topological polar surface area (TPSA) is 41.6 Å². The fourth-order valence-electron chi connectivity index (χ4n) is 2.81. The van der Waals surface area contributed by atoms with E-state index in [0.29, 0.717) is 11.3 Å². The Hall–Kier alpha value is -0.610. The van der Waals surface area contributed by atoms with Crippen LogP contribution in [0.25, 0.3) is 0 Å². The lowest BCUT2D eigenvalue weighted by atomic mass is 9.77. The molecule has 0 aliphatic carbocycles. The molecule has 84 valence electrons. The van der Waals surface area contributed by atoms with Crippen LogP contribution in [-0.4, -0.2) is 50.2 Å². The van der Waals surface area contributed by atoms with Crippen molar-refractivity contribution in [3.63, 3.8) is 0 Å². The van der Waals surface area contributed by atoms with Crippen LogP contribution >= 0.6 is 0 Å². The number of hydrogen-bond acceptors (Lipinski definition) is 3. The van der Waals surface area contributed by atoms with Gasteiger partial charge in [-0.2, -0.15) is 0 Å². The first-order chi connectivity index (χ1) is 7.29. The summed E-state index contributed by atoms with van der Waals surface area (Å²) >= 11 is 0. The zero-order valence-corrected chi connectivity index (χ0v) is 9.00. The highest BCUT2D eigenvalue weighted by Crippen LogP contribution is 2.38. The molecule has 0 aromatic rings. The summed E-state index contributed by atoms with van der Waals surface area (Å²) in [6.45, 7) is 5.53. The summed E-state index contributed by atoms with van der Waals surface area (Å²) in [5, 5.41) is 3.30. The van der Waals surface area contributed by atoms with Gasteiger partial charge in [0.1, 0.15) is 0 Å². The summed E-state index contributed by atoms with van der Waals surface area (Å²) in [4.78, 5) is 14.1. The van der Waals surface area contributed by atoms with Crippen molar-refractivity contribution in [3.05, 3.63) is 0 Å². The van der Waals surface area contributed by atoms with Crippen molar-refractivity contribution in [2.45, 2.75) is 12.8 Å². The number of carbonyl (C=O) groups excluding carboxylic acids is 1. The lowest BCUT2D eigenvalue weighted by molar-refractivity contribution is -0.197. The molecule has 15 heavy (non-hydrogen) atoms. The quantitative estimate of drug-likeness (QED) is 0.654. The predicted octanol–water partition coefficient (Wildman–Crippen LogP) is -0.155. The fourth-order valence-corrected chi connectivity index (χ4v) is 2.81. The number of carbonyl (C=O) groups is 1. The van der Waals surface area contributed by atoms with E-state index in [4.69, 9.17) is 4.74 Å². The van der Waals surface area contributed by atoms with Crippen LogP contribution in [0.3, 0.4) is 0 Å². The van der Waals surface area contributed by atoms with Crippen molar-refractivity contribution >= 4 is 5.91 Å². The molecule has 3 aliphatic heterocycles. The van der Waals surface area contributed by atoms with E-state index in [1.807, 2.05) is 4.90 Å². The van der Waals surface area contributed by atoms with Gasteiger partial charge in [-0.05, 0) is 19.4 Å². The van der Waals surface area contributed by atoms with Gasteiger partial charge in [0.2, 0.25) is 5.91 Å².